The van der Waals surface area contributed by atoms with E-state index in [0.29, 0.717) is 24.0 Å². The third kappa shape index (κ3) is 5.88. The molecule has 0 saturated carbocycles. The third-order valence-corrected chi connectivity index (χ3v) is 3.49. The molecule has 0 aliphatic rings. The Labute approximate surface area is 152 Å². The largest absolute Gasteiger partial charge is 0.360 e. The maximum atomic E-state index is 12.3. The summed E-state index contributed by atoms with van der Waals surface area (Å²) >= 11 is 0. The number of benzene rings is 1. The summed E-state index contributed by atoms with van der Waals surface area (Å²) in [7, 11) is 0. The third-order valence-electron chi connectivity index (χ3n) is 3.49. The average Bonchev–Trinajstić information content (AvgIpc) is 2.60. The molecule has 0 bridgehead atoms. The van der Waals surface area contributed by atoms with Gasteiger partial charge in [0.05, 0.1) is 6.54 Å². The lowest BCUT2D eigenvalue weighted by atomic mass is 10.1. The van der Waals surface area contributed by atoms with Crippen LogP contribution in [0, 0.1) is 0 Å². The van der Waals surface area contributed by atoms with E-state index in [1.807, 2.05) is 0 Å². The minimum Gasteiger partial charge on any atom is -0.360 e. The monoisotopic (exact) mass is 366 g/mol. The zero-order chi connectivity index (χ0) is 17.4. The first-order valence-corrected chi connectivity index (χ1v) is 7.99. The fourth-order valence-electron chi connectivity index (χ4n) is 2.25. The number of aromatic nitrogens is 1. The van der Waals surface area contributed by atoms with Crippen molar-refractivity contribution in [1.82, 2.24) is 20.9 Å². The Bertz CT molecular complexity index is 776. The van der Waals surface area contributed by atoms with Gasteiger partial charge in [0.25, 0.3) is 5.91 Å². The van der Waals surface area contributed by atoms with E-state index in [0.717, 1.165) is 13.0 Å². The second kappa shape index (κ2) is 10.5. The van der Waals surface area contributed by atoms with Crippen molar-refractivity contribution >= 4 is 35.1 Å². The van der Waals surface area contributed by atoms with Crippen molar-refractivity contribution in [3.8, 4) is 0 Å². The minimum atomic E-state index is -0.568. The van der Waals surface area contributed by atoms with E-state index in [2.05, 4.69) is 27.9 Å². The molecular formula is C17H23ClN4O3. The number of carbonyl (C=O) groups excluding carboxylic acids is 2. The predicted molar refractivity (Wildman–Crippen MR) is 100 cm³/mol. The summed E-state index contributed by atoms with van der Waals surface area (Å²) in [5, 5.41) is 8.75. The standard InChI is InChI=1S/C17H22N4O3.ClH/c1-2-7-18-8-9-19-15(22)11-21-17(24)13-10-20-14-6-4-3-5-12(14)16(13)23;/h3-6,10,18H,2,7-9,11H2,1H3,(H,19,22)(H,20,23)(H,21,24);1H. The molecule has 0 spiro atoms. The number of fused-ring (bicyclic) bond motifs is 1. The van der Waals surface area contributed by atoms with Gasteiger partial charge in [-0.25, -0.2) is 0 Å². The van der Waals surface area contributed by atoms with Gasteiger partial charge in [-0.3, -0.25) is 14.4 Å². The molecule has 0 radical (unpaired) electrons. The number of hydrogen-bond donors (Lipinski definition) is 4. The Kier molecular flexibility index (Phi) is 8.66. The zero-order valence-corrected chi connectivity index (χ0v) is 14.9. The number of halogens is 1. The van der Waals surface area contributed by atoms with Crippen LogP contribution in [0.4, 0.5) is 0 Å². The van der Waals surface area contributed by atoms with Crippen LogP contribution in [-0.4, -0.2) is 43.0 Å². The highest BCUT2D eigenvalue weighted by molar-refractivity contribution is 5.98. The summed E-state index contributed by atoms with van der Waals surface area (Å²) in [6, 6.07) is 6.95. The van der Waals surface area contributed by atoms with E-state index in [4.69, 9.17) is 0 Å². The molecule has 25 heavy (non-hydrogen) atoms. The van der Waals surface area contributed by atoms with Crippen LogP contribution < -0.4 is 21.4 Å². The van der Waals surface area contributed by atoms with Gasteiger partial charge in [-0.05, 0) is 25.1 Å². The number of H-pyrrole nitrogens is 1. The van der Waals surface area contributed by atoms with E-state index in [1.54, 1.807) is 24.3 Å². The van der Waals surface area contributed by atoms with Gasteiger partial charge in [0.2, 0.25) is 11.3 Å². The molecule has 0 aliphatic heterocycles. The molecule has 1 heterocycles. The molecule has 4 N–H and O–H groups in total. The molecule has 0 fully saturated rings. The van der Waals surface area contributed by atoms with Crippen LogP contribution in [-0.2, 0) is 4.79 Å². The van der Waals surface area contributed by atoms with Crippen LogP contribution >= 0.6 is 12.4 Å². The minimum absolute atomic E-state index is 0. The van der Waals surface area contributed by atoms with Crippen molar-refractivity contribution in [2.45, 2.75) is 13.3 Å². The Morgan fingerprint density at radius 1 is 1.08 bits per heavy atom. The van der Waals surface area contributed by atoms with E-state index in [1.165, 1.54) is 6.20 Å². The summed E-state index contributed by atoms with van der Waals surface area (Å²) in [4.78, 5) is 39.0. The topological polar surface area (TPSA) is 103 Å². The molecule has 0 aliphatic carbocycles. The lowest BCUT2D eigenvalue weighted by Crippen LogP contribution is -2.40. The first-order valence-electron chi connectivity index (χ1n) is 7.99. The smallest absolute Gasteiger partial charge is 0.257 e. The van der Waals surface area contributed by atoms with Crippen LogP contribution in [0.2, 0.25) is 0 Å². The summed E-state index contributed by atoms with van der Waals surface area (Å²) < 4.78 is 0. The maximum absolute atomic E-state index is 12.3. The van der Waals surface area contributed by atoms with Gasteiger partial charge in [0, 0.05) is 30.2 Å². The number of rotatable bonds is 8. The highest BCUT2D eigenvalue weighted by Crippen LogP contribution is 2.06. The van der Waals surface area contributed by atoms with Gasteiger partial charge in [-0.15, -0.1) is 12.4 Å². The molecular weight excluding hydrogens is 344 g/mol. The molecule has 136 valence electrons. The first-order chi connectivity index (χ1) is 11.6. The number of hydrogen-bond acceptors (Lipinski definition) is 4. The summed E-state index contributed by atoms with van der Waals surface area (Å²) in [5.74, 6) is -0.861. The quantitative estimate of drug-likeness (QED) is 0.519. The highest BCUT2D eigenvalue weighted by Gasteiger charge is 2.13. The van der Waals surface area contributed by atoms with Crippen molar-refractivity contribution in [3.63, 3.8) is 0 Å². The van der Waals surface area contributed by atoms with E-state index in [9.17, 15) is 14.4 Å². The van der Waals surface area contributed by atoms with Gasteiger partial charge >= 0.3 is 0 Å². The predicted octanol–water partition coefficient (Wildman–Crippen LogP) is 0.795. The van der Waals surface area contributed by atoms with Crippen LogP contribution in [0.25, 0.3) is 10.9 Å². The normalized spacial score (nSPS) is 10.1. The van der Waals surface area contributed by atoms with Crippen LogP contribution in [0.1, 0.15) is 23.7 Å². The highest BCUT2D eigenvalue weighted by atomic mass is 35.5. The van der Waals surface area contributed by atoms with Gasteiger partial charge in [0.15, 0.2) is 0 Å². The lowest BCUT2D eigenvalue weighted by Gasteiger charge is -2.08. The van der Waals surface area contributed by atoms with Crippen LogP contribution in [0.3, 0.4) is 0 Å². The Balaban J connectivity index is 0.00000312. The second-order valence-electron chi connectivity index (χ2n) is 5.36. The number of amides is 2. The molecule has 2 rings (SSSR count). The molecule has 0 atom stereocenters. The molecule has 1 aromatic carbocycles. The van der Waals surface area contributed by atoms with Gasteiger partial charge in [-0.1, -0.05) is 19.1 Å². The van der Waals surface area contributed by atoms with Crippen molar-refractivity contribution in [3.05, 3.63) is 46.2 Å². The summed E-state index contributed by atoms with van der Waals surface area (Å²) in [6.07, 6.45) is 2.40. The molecule has 0 saturated heterocycles. The fraction of sp³-hybridized carbons (Fsp3) is 0.353. The Morgan fingerprint density at radius 2 is 1.84 bits per heavy atom. The number of carbonyl (C=O) groups is 2. The van der Waals surface area contributed by atoms with Gasteiger partial charge in [0.1, 0.15) is 5.56 Å². The number of nitrogens with one attached hydrogen (secondary N) is 4. The first kappa shape index (κ1) is 20.7. The van der Waals surface area contributed by atoms with Crippen molar-refractivity contribution in [2.75, 3.05) is 26.2 Å². The molecule has 8 heteroatoms. The van der Waals surface area contributed by atoms with E-state index in [-0.39, 0.29) is 35.9 Å². The Hall–Kier alpha value is -2.38. The summed E-state index contributed by atoms with van der Waals surface area (Å²) in [5.41, 5.74) is 0.300. The van der Waals surface area contributed by atoms with Crippen molar-refractivity contribution in [2.24, 2.45) is 0 Å². The van der Waals surface area contributed by atoms with Crippen molar-refractivity contribution < 1.29 is 9.59 Å². The Morgan fingerprint density at radius 3 is 2.60 bits per heavy atom. The van der Waals surface area contributed by atoms with E-state index >= 15 is 0 Å². The van der Waals surface area contributed by atoms with Crippen LogP contribution in [0.5, 0.6) is 0 Å². The van der Waals surface area contributed by atoms with Gasteiger partial charge < -0.3 is 20.9 Å². The lowest BCUT2D eigenvalue weighted by molar-refractivity contribution is -0.120. The SMILES string of the molecule is CCCNCCNC(=O)CNC(=O)c1c[nH]c2ccccc2c1=O.Cl. The second-order valence-corrected chi connectivity index (χ2v) is 5.36. The zero-order valence-electron chi connectivity index (χ0n) is 14.1. The van der Waals surface area contributed by atoms with Crippen LogP contribution in [0.15, 0.2) is 35.3 Å². The fourth-order valence-corrected chi connectivity index (χ4v) is 2.25. The number of para-hydroxylation sites is 1. The molecule has 0 unspecified atom stereocenters. The average molecular weight is 367 g/mol. The maximum Gasteiger partial charge on any atom is 0.257 e. The van der Waals surface area contributed by atoms with Gasteiger partial charge in [-0.2, -0.15) is 0 Å². The van der Waals surface area contributed by atoms with Crippen molar-refractivity contribution in [1.29, 1.82) is 0 Å². The molecule has 1 aromatic heterocycles. The molecule has 2 amide bonds. The molecule has 2 aromatic rings. The van der Waals surface area contributed by atoms with E-state index < -0.39 is 5.91 Å². The molecule has 7 nitrogen and oxygen atoms in total. The number of aromatic amines is 1. The summed E-state index contributed by atoms with van der Waals surface area (Å²) in [6.45, 7) is 3.97. The number of pyridine rings is 1.